The average molecular weight is 455 g/mol. The Bertz CT molecular complexity index is 1050. The highest BCUT2D eigenvalue weighted by atomic mass is 16.5. The van der Waals surface area contributed by atoms with Gasteiger partial charge in [-0.2, -0.15) is 0 Å². The van der Waals surface area contributed by atoms with Gasteiger partial charge in [-0.05, 0) is 55.8 Å². The van der Waals surface area contributed by atoms with Gasteiger partial charge in [0.1, 0.15) is 23.6 Å². The van der Waals surface area contributed by atoms with Crippen LogP contribution in [0.5, 0.6) is 11.5 Å². The lowest BCUT2D eigenvalue weighted by atomic mass is 9.92. The number of rotatable bonds is 8. The summed E-state index contributed by atoms with van der Waals surface area (Å²) in [6.07, 6.45) is -1.15. The molecule has 1 fully saturated rings. The monoisotopic (exact) mass is 455 g/mol. The van der Waals surface area contributed by atoms with E-state index < -0.39 is 42.0 Å². The number of hydrogen-bond donors (Lipinski definition) is 2. The van der Waals surface area contributed by atoms with Crippen LogP contribution in [0.1, 0.15) is 19.4 Å². The molecule has 4 amide bonds. The molecule has 0 saturated carbocycles. The van der Waals surface area contributed by atoms with Crippen molar-refractivity contribution in [1.29, 1.82) is 0 Å². The molecule has 10 nitrogen and oxygen atoms in total. The summed E-state index contributed by atoms with van der Waals surface area (Å²) in [7, 11) is 3.05. The fraction of sp³-hybridized carbons (Fsp3) is 0.304. The molecule has 0 radical (unpaired) electrons. The number of benzene rings is 2. The van der Waals surface area contributed by atoms with E-state index >= 15 is 0 Å². The molecule has 3 rings (SSSR count). The molecule has 33 heavy (non-hydrogen) atoms. The Kier molecular flexibility index (Phi) is 6.86. The SMILES string of the molecule is COc1ccc(NC(=O)C(C)OC(=O)CN2C(=O)NC(C)(c3ccc(OC)cc3)C2=O)cc1. The maximum atomic E-state index is 13.0. The highest BCUT2D eigenvalue weighted by Gasteiger charge is 2.49. The highest BCUT2D eigenvalue weighted by Crippen LogP contribution is 2.30. The standard InChI is InChI=1S/C23H25N3O7/c1-14(20(28)24-16-7-11-18(32-4)12-8-16)33-19(27)13-26-21(29)23(2,25-22(26)30)15-5-9-17(31-3)10-6-15/h5-12,14H,13H2,1-4H3,(H,24,28)(H,25,30). The Morgan fingerprint density at radius 3 is 2.09 bits per heavy atom. The second-order valence-electron chi connectivity index (χ2n) is 7.52. The lowest BCUT2D eigenvalue weighted by Gasteiger charge is -2.22. The Morgan fingerprint density at radius 2 is 1.55 bits per heavy atom. The summed E-state index contributed by atoms with van der Waals surface area (Å²) in [5.74, 6) is -0.835. The molecule has 0 spiro atoms. The van der Waals surface area contributed by atoms with Gasteiger partial charge in [0.25, 0.3) is 11.8 Å². The molecule has 1 heterocycles. The van der Waals surface area contributed by atoms with Crippen LogP contribution < -0.4 is 20.1 Å². The first-order valence-electron chi connectivity index (χ1n) is 10.1. The molecule has 1 aliphatic rings. The summed E-state index contributed by atoms with van der Waals surface area (Å²) >= 11 is 0. The molecular weight excluding hydrogens is 430 g/mol. The Hall–Kier alpha value is -4.08. The van der Waals surface area contributed by atoms with E-state index in [-0.39, 0.29) is 0 Å². The van der Waals surface area contributed by atoms with Crippen molar-refractivity contribution < 1.29 is 33.4 Å². The third-order valence-corrected chi connectivity index (χ3v) is 5.26. The van der Waals surface area contributed by atoms with Crippen LogP contribution in [0.15, 0.2) is 48.5 Å². The third kappa shape index (κ3) is 5.05. The number of hydrogen-bond acceptors (Lipinski definition) is 7. The molecule has 2 aromatic rings. The third-order valence-electron chi connectivity index (χ3n) is 5.26. The molecule has 2 unspecified atom stereocenters. The summed E-state index contributed by atoms with van der Waals surface area (Å²) < 4.78 is 15.3. The first-order chi connectivity index (χ1) is 15.7. The van der Waals surface area contributed by atoms with Gasteiger partial charge >= 0.3 is 12.0 Å². The van der Waals surface area contributed by atoms with Gasteiger partial charge in [-0.15, -0.1) is 0 Å². The molecule has 174 valence electrons. The molecule has 2 N–H and O–H groups in total. The quantitative estimate of drug-likeness (QED) is 0.461. The van der Waals surface area contributed by atoms with Crippen LogP contribution in [0.25, 0.3) is 0 Å². The molecular formula is C23H25N3O7. The summed E-state index contributed by atoms with van der Waals surface area (Å²) in [6.45, 7) is 2.31. The van der Waals surface area contributed by atoms with E-state index in [4.69, 9.17) is 14.2 Å². The smallest absolute Gasteiger partial charge is 0.327 e. The number of nitrogens with zero attached hydrogens (tertiary/aromatic N) is 1. The van der Waals surface area contributed by atoms with Crippen molar-refractivity contribution in [3.05, 3.63) is 54.1 Å². The average Bonchev–Trinajstić information content (AvgIpc) is 3.03. The van der Waals surface area contributed by atoms with E-state index in [1.54, 1.807) is 55.5 Å². The zero-order valence-corrected chi connectivity index (χ0v) is 18.7. The number of ether oxygens (including phenoxy) is 3. The van der Waals surface area contributed by atoms with Crippen LogP contribution in [-0.4, -0.2) is 55.6 Å². The van der Waals surface area contributed by atoms with E-state index in [1.165, 1.54) is 21.1 Å². The van der Waals surface area contributed by atoms with E-state index in [1.807, 2.05) is 0 Å². The van der Waals surface area contributed by atoms with E-state index in [0.717, 1.165) is 4.90 Å². The first kappa shape index (κ1) is 23.6. The van der Waals surface area contributed by atoms with Crippen molar-refractivity contribution in [2.45, 2.75) is 25.5 Å². The van der Waals surface area contributed by atoms with Crippen molar-refractivity contribution in [3.8, 4) is 11.5 Å². The second-order valence-corrected chi connectivity index (χ2v) is 7.52. The van der Waals surface area contributed by atoms with Crippen molar-refractivity contribution in [2.24, 2.45) is 0 Å². The van der Waals surface area contributed by atoms with Gasteiger partial charge in [0, 0.05) is 5.69 Å². The summed E-state index contributed by atoms with van der Waals surface area (Å²) in [6, 6.07) is 12.5. The van der Waals surface area contributed by atoms with Gasteiger partial charge in [-0.25, -0.2) is 4.79 Å². The minimum atomic E-state index is -1.35. The number of urea groups is 1. The molecule has 1 aliphatic heterocycles. The second kappa shape index (κ2) is 9.60. The number of imide groups is 1. The van der Waals surface area contributed by atoms with E-state index in [0.29, 0.717) is 22.7 Å². The van der Waals surface area contributed by atoms with E-state index in [9.17, 15) is 19.2 Å². The van der Waals surface area contributed by atoms with Crippen molar-refractivity contribution in [2.75, 3.05) is 26.1 Å². The first-order valence-corrected chi connectivity index (χ1v) is 10.1. The number of esters is 1. The maximum absolute atomic E-state index is 13.0. The maximum Gasteiger partial charge on any atom is 0.327 e. The predicted octanol–water partition coefficient (Wildman–Crippen LogP) is 2.04. The number of amides is 4. The number of carbonyl (C=O) groups excluding carboxylic acids is 4. The fourth-order valence-corrected chi connectivity index (χ4v) is 3.30. The predicted molar refractivity (Wildman–Crippen MR) is 118 cm³/mol. The molecule has 2 aromatic carbocycles. The number of methoxy groups -OCH3 is 2. The number of nitrogens with one attached hydrogen (secondary N) is 2. The number of anilines is 1. The summed E-state index contributed by atoms with van der Waals surface area (Å²) in [5.41, 5.74) is -0.320. The van der Waals surface area contributed by atoms with Gasteiger partial charge in [0.15, 0.2) is 6.10 Å². The lowest BCUT2D eigenvalue weighted by Crippen LogP contribution is -2.42. The Labute approximate surface area is 190 Å². The number of carbonyl (C=O) groups is 4. The van der Waals surface area contributed by atoms with Crippen molar-refractivity contribution >= 4 is 29.5 Å². The van der Waals surface area contributed by atoms with Crippen LogP contribution in [0.4, 0.5) is 10.5 Å². The van der Waals surface area contributed by atoms with Gasteiger partial charge < -0.3 is 24.8 Å². The highest BCUT2D eigenvalue weighted by molar-refractivity contribution is 6.09. The Balaban J connectivity index is 1.60. The van der Waals surface area contributed by atoms with Gasteiger partial charge in [0.2, 0.25) is 0 Å². The van der Waals surface area contributed by atoms with Crippen LogP contribution in [-0.2, 0) is 24.7 Å². The summed E-state index contributed by atoms with van der Waals surface area (Å²) in [4.78, 5) is 50.8. The molecule has 1 saturated heterocycles. The molecule has 10 heteroatoms. The Morgan fingerprint density at radius 1 is 1.00 bits per heavy atom. The van der Waals surface area contributed by atoms with Crippen molar-refractivity contribution in [3.63, 3.8) is 0 Å². The minimum Gasteiger partial charge on any atom is -0.497 e. The molecule has 2 atom stereocenters. The zero-order chi connectivity index (χ0) is 24.2. The van der Waals surface area contributed by atoms with Crippen LogP contribution in [0.3, 0.4) is 0 Å². The van der Waals surface area contributed by atoms with Gasteiger partial charge in [-0.1, -0.05) is 12.1 Å². The normalized spacial score (nSPS) is 18.4. The van der Waals surface area contributed by atoms with Gasteiger partial charge in [-0.3, -0.25) is 19.3 Å². The largest absolute Gasteiger partial charge is 0.497 e. The van der Waals surface area contributed by atoms with E-state index in [2.05, 4.69) is 10.6 Å². The van der Waals surface area contributed by atoms with Crippen LogP contribution >= 0.6 is 0 Å². The fourth-order valence-electron chi connectivity index (χ4n) is 3.30. The summed E-state index contributed by atoms with van der Waals surface area (Å²) in [5, 5.41) is 5.22. The van der Waals surface area contributed by atoms with Crippen LogP contribution in [0, 0.1) is 0 Å². The molecule has 0 bridgehead atoms. The lowest BCUT2D eigenvalue weighted by molar-refractivity contribution is -0.155. The van der Waals surface area contributed by atoms with Crippen LogP contribution in [0.2, 0.25) is 0 Å². The molecule has 0 aromatic heterocycles. The van der Waals surface area contributed by atoms with Crippen molar-refractivity contribution in [1.82, 2.24) is 10.2 Å². The minimum absolute atomic E-state index is 0.494. The zero-order valence-electron chi connectivity index (χ0n) is 18.7. The molecule has 0 aliphatic carbocycles. The topological polar surface area (TPSA) is 123 Å². The van der Waals surface area contributed by atoms with Gasteiger partial charge in [0.05, 0.1) is 14.2 Å².